The molecule has 21 heavy (non-hydrogen) atoms. The van der Waals surface area contributed by atoms with E-state index in [9.17, 15) is 8.78 Å². The Hall–Kier alpha value is -1.52. The van der Waals surface area contributed by atoms with Gasteiger partial charge in [0.05, 0.1) is 0 Å². The highest BCUT2D eigenvalue weighted by atomic mass is 19.3. The SMILES string of the molecule is FC(F)C[C@@H](c1ccc2ccccc2c1)N1CCNCC1. The van der Waals surface area contributed by atoms with Crippen molar-refractivity contribution >= 4 is 10.8 Å². The van der Waals surface area contributed by atoms with Crippen LogP contribution in [0.4, 0.5) is 8.78 Å². The van der Waals surface area contributed by atoms with Gasteiger partial charge in [-0.05, 0) is 22.4 Å². The van der Waals surface area contributed by atoms with Gasteiger partial charge in [-0.15, -0.1) is 0 Å². The highest BCUT2D eigenvalue weighted by molar-refractivity contribution is 5.83. The number of hydrogen-bond donors (Lipinski definition) is 1. The summed E-state index contributed by atoms with van der Waals surface area (Å²) in [5.74, 6) is 0. The molecule has 0 unspecified atom stereocenters. The average Bonchev–Trinajstić information content (AvgIpc) is 2.53. The van der Waals surface area contributed by atoms with Crippen molar-refractivity contribution in [3.05, 3.63) is 48.0 Å². The fourth-order valence-corrected chi connectivity index (χ4v) is 3.07. The number of alkyl halides is 2. The van der Waals surface area contributed by atoms with E-state index in [0.29, 0.717) is 0 Å². The number of piperazine rings is 1. The summed E-state index contributed by atoms with van der Waals surface area (Å²) >= 11 is 0. The summed E-state index contributed by atoms with van der Waals surface area (Å²) in [7, 11) is 0. The predicted molar refractivity (Wildman–Crippen MR) is 81.8 cm³/mol. The van der Waals surface area contributed by atoms with Gasteiger partial charge in [-0.3, -0.25) is 4.90 Å². The van der Waals surface area contributed by atoms with E-state index in [4.69, 9.17) is 0 Å². The van der Waals surface area contributed by atoms with Crippen LogP contribution in [0.5, 0.6) is 0 Å². The van der Waals surface area contributed by atoms with Crippen LogP contribution in [-0.4, -0.2) is 37.5 Å². The van der Waals surface area contributed by atoms with Gasteiger partial charge in [-0.25, -0.2) is 8.78 Å². The van der Waals surface area contributed by atoms with E-state index in [0.717, 1.165) is 42.5 Å². The lowest BCUT2D eigenvalue weighted by molar-refractivity contribution is 0.0740. The third-order valence-electron chi connectivity index (χ3n) is 4.15. The Labute approximate surface area is 123 Å². The molecule has 1 N–H and O–H groups in total. The van der Waals surface area contributed by atoms with E-state index >= 15 is 0 Å². The number of benzene rings is 2. The normalized spacial score (nSPS) is 18.2. The fraction of sp³-hybridized carbons (Fsp3) is 0.412. The van der Waals surface area contributed by atoms with Crippen molar-refractivity contribution in [2.24, 2.45) is 0 Å². The van der Waals surface area contributed by atoms with Crippen molar-refractivity contribution in [3.8, 4) is 0 Å². The zero-order valence-electron chi connectivity index (χ0n) is 11.9. The molecule has 1 atom stereocenters. The van der Waals surface area contributed by atoms with Crippen molar-refractivity contribution < 1.29 is 8.78 Å². The molecule has 4 heteroatoms. The Morgan fingerprint density at radius 3 is 2.43 bits per heavy atom. The first-order valence-electron chi connectivity index (χ1n) is 7.45. The quantitative estimate of drug-likeness (QED) is 0.928. The van der Waals surface area contributed by atoms with E-state index in [2.05, 4.69) is 16.3 Å². The summed E-state index contributed by atoms with van der Waals surface area (Å²) in [5.41, 5.74) is 0.996. The Balaban J connectivity index is 1.92. The van der Waals surface area contributed by atoms with Gasteiger partial charge >= 0.3 is 0 Å². The maximum Gasteiger partial charge on any atom is 0.240 e. The van der Waals surface area contributed by atoms with Gasteiger partial charge in [0.1, 0.15) is 0 Å². The van der Waals surface area contributed by atoms with E-state index in [-0.39, 0.29) is 12.5 Å². The number of hydrogen-bond acceptors (Lipinski definition) is 2. The molecule has 0 amide bonds. The molecule has 2 nitrogen and oxygen atoms in total. The van der Waals surface area contributed by atoms with Crippen LogP contribution in [-0.2, 0) is 0 Å². The standard InChI is InChI=1S/C17H20F2N2/c18-17(19)12-16(21-9-7-20-8-10-21)15-6-5-13-3-1-2-4-14(13)11-15/h1-6,11,16-17,20H,7-10,12H2/t16-/m0/s1. The van der Waals surface area contributed by atoms with E-state index < -0.39 is 6.43 Å². The first-order valence-corrected chi connectivity index (χ1v) is 7.45. The van der Waals surface area contributed by atoms with Gasteiger partial charge in [0, 0.05) is 38.6 Å². The molecule has 1 fully saturated rings. The molecule has 1 saturated heterocycles. The van der Waals surface area contributed by atoms with E-state index in [1.807, 2.05) is 36.4 Å². The van der Waals surface area contributed by atoms with Crippen LogP contribution in [0.1, 0.15) is 18.0 Å². The smallest absolute Gasteiger partial charge is 0.240 e. The number of nitrogens with one attached hydrogen (secondary N) is 1. The summed E-state index contributed by atoms with van der Waals surface area (Å²) in [5, 5.41) is 5.54. The zero-order valence-corrected chi connectivity index (χ0v) is 11.9. The van der Waals surface area contributed by atoms with Crippen LogP contribution in [0.3, 0.4) is 0 Å². The van der Waals surface area contributed by atoms with E-state index in [1.54, 1.807) is 0 Å². The Kier molecular flexibility index (Phi) is 4.46. The largest absolute Gasteiger partial charge is 0.314 e. The molecule has 0 radical (unpaired) electrons. The molecule has 112 valence electrons. The molecular formula is C17H20F2N2. The third kappa shape index (κ3) is 3.39. The lowest BCUT2D eigenvalue weighted by Crippen LogP contribution is -2.45. The van der Waals surface area contributed by atoms with Gasteiger partial charge in [-0.1, -0.05) is 36.4 Å². The van der Waals surface area contributed by atoms with Crippen LogP contribution in [0.2, 0.25) is 0 Å². The van der Waals surface area contributed by atoms with E-state index in [1.165, 1.54) is 0 Å². The number of fused-ring (bicyclic) bond motifs is 1. The maximum absolute atomic E-state index is 13.0. The first kappa shape index (κ1) is 14.4. The van der Waals surface area contributed by atoms with Crippen LogP contribution in [0.25, 0.3) is 10.8 Å². The van der Waals surface area contributed by atoms with Crippen molar-refractivity contribution in [1.29, 1.82) is 0 Å². The fourth-order valence-electron chi connectivity index (χ4n) is 3.07. The first-order chi connectivity index (χ1) is 10.2. The molecule has 3 rings (SSSR count). The molecule has 1 aliphatic heterocycles. The van der Waals surface area contributed by atoms with Crippen molar-refractivity contribution in [1.82, 2.24) is 10.2 Å². The Morgan fingerprint density at radius 1 is 1.00 bits per heavy atom. The highest BCUT2D eigenvalue weighted by Gasteiger charge is 2.25. The minimum atomic E-state index is -2.28. The summed E-state index contributed by atoms with van der Waals surface area (Å²) < 4.78 is 26.0. The topological polar surface area (TPSA) is 15.3 Å². The van der Waals surface area contributed by atoms with Crippen LogP contribution < -0.4 is 5.32 Å². The maximum atomic E-state index is 13.0. The minimum Gasteiger partial charge on any atom is -0.314 e. The molecule has 0 saturated carbocycles. The van der Waals surface area contributed by atoms with Crippen molar-refractivity contribution in [3.63, 3.8) is 0 Å². The summed E-state index contributed by atoms with van der Waals surface area (Å²) in [4.78, 5) is 2.17. The van der Waals surface area contributed by atoms with Crippen molar-refractivity contribution in [2.75, 3.05) is 26.2 Å². The summed E-state index contributed by atoms with van der Waals surface area (Å²) in [6.07, 6.45) is -2.38. The number of halogens is 2. The second kappa shape index (κ2) is 6.50. The van der Waals surface area contributed by atoms with Gasteiger partial charge in [0.2, 0.25) is 6.43 Å². The molecule has 0 bridgehead atoms. The summed E-state index contributed by atoms with van der Waals surface area (Å²) in [6, 6.07) is 14.0. The number of rotatable bonds is 4. The van der Waals surface area contributed by atoms with Crippen LogP contribution in [0.15, 0.2) is 42.5 Å². The second-order valence-corrected chi connectivity index (χ2v) is 5.54. The van der Waals surface area contributed by atoms with Gasteiger partial charge in [-0.2, -0.15) is 0 Å². The lowest BCUT2D eigenvalue weighted by Gasteiger charge is -2.35. The molecule has 2 aromatic carbocycles. The van der Waals surface area contributed by atoms with Gasteiger partial charge < -0.3 is 5.32 Å². The summed E-state index contributed by atoms with van der Waals surface area (Å²) in [6.45, 7) is 3.38. The number of nitrogens with zero attached hydrogens (tertiary/aromatic N) is 1. The Morgan fingerprint density at radius 2 is 1.71 bits per heavy atom. The van der Waals surface area contributed by atoms with Gasteiger partial charge in [0.15, 0.2) is 0 Å². The van der Waals surface area contributed by atoms with Crippen LogP contribution in [0, 0.1) is 0 Å². The minimum absolute atomic E-state index is 0.0989. The zero-order chi connectivity index (χ0) is 14.7. The molecule has 0 aromatic heterocycles. The Bertz CT molecular complexity index is 594. The molecule has 1 heterocycles. The molecule has 2 aromatic rings. The molecule has 0 aliphatic carbocycles. The second-order valence-electron chi connectivity index (χ2n) is 5.54. The monoisotopic (exact) mass is 290 g/mol. The third-order valence-corrected chi connectivity index (χ3v) is 4.15. The molecule has 1 aliphatic rings. The average molecular weight is 290 g/mol. The molecule has 0 spiro atoms. The molecular weight excluding hydrogens is 270 g/mol. The lowest BCUT2D eigenvalue weighted by atomic mass is 9.98. The highest BCUT2D eigenvalue weighted by Crippen LogP contribution is 2.29. The van der Waals surface area contributed by atoms with Crippen molar-refractivity contribution in [2.45, 2.75) is 18.9 Å². The van der Waals surface area contributed by atoms with Crippen LogP contribution >= 0.6 is 0 Å². The predicted octanol–water partition coefficient (Wildman–Crippen LogP) is 3.44. The van der Waals surface area contributed by atoms with Gasteiger partial charge in [0.25, 0.3) is 0 Å².